The van der Waals surface area contributed by atoms with Crippen LogP contribution in [0.1, 0.15) is 42.3 Å². The molecule has 0 fully saturated rings. The molecular weight excluding hydrogens is 396 g/mol. The topological polar surface area (TPSA) is 76.2 Å². The standard InChI is InChI=1S/C20H19NO2.C8H11N/c1-20(2,3)14-10-8-13(9-11-14)18-12-16(19(22)23)15-6-4-5-7-17(15)21-18;9-7-6-8-4-2-1-3-5-8/h4-12H,1-3H3,(H,22,23);1-5H,6-7,9H2. The third kappa shape index (κ3) is 5.80. The highest BCUT2D eigenvalue weighted by Gasteiger charge is 2.15. The van der Waals surface area contributed by atoms with E-state index in [0.29, 0.717) is 16.6 Å². The summed E-state index contributed by atoms with van der Waals surface area (Å²) in [7, 11) is 0. The first-order chi connectivity index (χ1) is 15.3. The van der Waals surface area contributed by atoms with Crippen LogP contribution in [0.3, 0.4) is 0 Å². The highest BCUT2D eigenvalue weighted by atomic mass is 16.4. The zero-order valence-corrected chi connectivity index (χ0v) is 18.9. The van der Waals surface area contributed by atoms with E-state index in [2.05, 4.69) is 50.0 Å². The van der Waals surface area contributed by atoms with Gasteiger partial charge in [0.25, 0.3) is 0 Å². The first-order valence-corrected chi connectivity index (χ1v) is 10.8. The average Bonchev–Trinajstić information content (AvgIpc) is 2.79. The number of rotatable bonds is 4. The Hall–Kier alpha value is -3.50. The fourth-order valence-corrected chi connectivity index (χ4v) is 3.45. The summed E-state index contributed by atoms with van der Waals surface area (Å²) in [5.74, 6) is -0.934. The van der Waals surface area contributed by atoms with Crippen molar-refractivity contribution < 1.29 is 9.90 Å². The molecule has 4 nitrogen and oxygen atoms in total. The SMILES string of the molecule is CC(C)(C)c1ccc(-c2cc(C(=O)O)c3ccccc3n2)cc1.NCCc1ccccc1. The fraction of sp³-hybridized carbons (Fsp3) is 0.214. The second-order valence-corrected chi connectivity index (χ2v) is 8.73. The van der Waals surface area contributed by atoms with E-state index in [1.807, 2.05) is 48.5 Å². The van der Waals surface area contributed by atoms with Crippen LogP contribution in [0.15, 0.2) is 84.9 Å². The Kier molecular flexibility index (Phi) is 7.39. The molecule has 0 aliphatic rings. The second-order valence-electron chi connectivity index (χ2n) is 8.73. The molecule has 1 heterocycles. The first-order valence-electron chi connectivity index (χ1n) is 10.8. The normalized spacial score (nSPS) is 11.0. The number of hydrogen-bond donors (Lipinski definition) is 2. The summed E-state index contributed by atoms with van der Waals surface area (Å²) in [5, 5.41) is 10.1. The number of nitrogens with two attached hydrogens (primary N) is 1. The van der Waals surface area contributed by atoms with E-state index in [-0.39, 0.29) is 11.0 Å². The summed E-state index contributed by atoms with van der Waals surface area (Å²) in [4.78, 5) is 16.2. The smallest absolute Gasteiger partial charge is 0.336 e. The van der Waals surface area contributed by atoms with Gasteiger partial charge in [-0.2, -0.15) is 0 Å². The lowest BCUT2D eigenvalue weighted by Crippen LogP contribution is -2.10. The van der Waals surface area contributed by atoms with Crippen molar-refractivity contribution in [1.82, 2.24) is 4.98 Å². The van der Waals surface area contributed by atoms with E-state index < -0.39 is 5.97 Å². The van der Waals surface area contributed by atoms with Gasteiger partial charge in [0.05, 0.1) is 16.8 Å². The molecule has 0 saturated heterocycles. The van der Waals surface area contributed by atoms with E-state index in [0.717, 1.165) is 18.5 Å². The van der Waals surface area contributed by atoms with Crippen molar-refractivity contribution in [2.75, 3.05) is 6.54 Å². The third-order valence-corrected chi connectivity index (χ3v) is 5.27. The van der Waals surface area contributed by atoms with Crippen molar-refractivity contribution in [3.05, 3.63) is 102 Å². The number of benzene rings is 3. The van der Waals surface area contributed by atoms with Crippen LogP contribution >= 0.6 is 0 Å². The predicted molar refractivity (Wildman–Crippen MR) is 132 cm³/mol. The maximum atomic E-state index is 11.6. The summed E-state index contributed by atoms with van der Waals surface area (Å²) in [6.07, 6.45) is 0.987. The van der Waals surface area contributed by atoms with Gasteiger partial charge < -0.3 is 10.8 Å². The molecule has 0 aliphatic heterocycles. The molecule has 0 aliphatic carbocycles. The number of carboxylic acid groups (broad SMARTS) is 1. The summed E-state index contributed by atoms with van der Waals surface area (Å²) in [6, 6.07) is 27.4. The zero-order valence-electron chi connectivity index (χ0n) is 18.9. The highest BCUT2D eigenvalue weighted by molar-refractivity contribution is 6.03. The van der Waals surface area contributed by atoms with Gasteiger partial charge in [0.1, 0.15) is 0 Å². The number of pyridine rings is 1. The van der Waals surface area contributed by atoms with Crippen LogP contribution in [-0.2, 0) is 11.8 Å². The second kappa shape index (κ2) is 10.2. The van der Waals surface area contributed by atoms with Gasteiger partial charge in [-0.25, -0.2) is 9.78 Å². The molecule has 164 valence electrons. The molecule has 4 rings (SSSR count). The van der Waals surface area contributed by atoms with Gasteiger partial charge >= 0.3 is 5.97 Å². The minimum atomic E-state index is -0.934. The Balaban J connectivity index is 0.000000269. The molecule has 0 radical (unpaired) electrons. The number of hydrogen-bond acceptors (Lipinski definition) is 3. The number of carboxylic acids is 1. The van der Waals surface area contributed by atoms with Gasteiger partial charge in [-0.15, -0.1) is 0 Å². The Morgan fingerprint density at radius 2 is 1.53 bits per heavy atom. The Morgan fingerprint density at radius 1 is 0.906 bits per heavy atom. The van der Waals surface area contributed by atoms with Gasteiger partial charge in [-0.1, -0.05) is 93.6 Å². The molecule has 4 aromatic rings. The first kappa shape index (κ1) is 23.2. The molecule has 0 amide bonds. The van der Waals surface area contributed by atoms with Crippen LogP contribution in [0.5, 0.6) is 0 Å². The Bertz CT molecular complexity index is 1180. The predicted octanol–water partition coefficient (Wildman–Crippen LogP) is 6.09. The lowest BCUT2D eigenvalue weighted by molar-refractivity contribution is 0.0699. The van der Waals surface area contributed by atoms with E-state index in [4.69, 9.17) is 5.73 Å². The summed E-state index contributed by atoms with van der Waals surface area (Å²) in [6.45, 7) is 7.24. The van der Waals surface area contributed by atoms with Crippen LogP contribution in [0.25, 0.3) is 22.2 Å². The minimum absolute atomic E-state index is 0.0849. The van der Waals surface area contributed by atoms with Gasteiger partial charge in [0.15, 0.2) is 0 Å². The van der Waals surface area contributed by atoms with Crippen LogP contribution in [0.4, 0.5) is 0 Å². The monoisotopic (exact) mass is 426 g/mol. The molecule has 0 atom stereocenters. The maximum Gasteiger partial charge on any atom is 0.336 e. The number of carbonyl (C=O) groups is 1. The van der Waals surface area contributed by atoms with Crippen molar-refractivity contribution in [2.45, 2.75) is 32.6 Å². The van der Waals surface area contributed by atoms with E-state index >= 15 is 0 Å². The highest BCUT2D eigenvalue weighted by Crippen LogP contribution is 2.28. The lowest BCUT2D eigenvalue weighted by Gasteiger charge is -2.19. The Labute approximate surface area is 189 Å². The lowest BCUT2D eigenvalue weighted by atomic mass is 9.86. The van der Waals surface area contributed by atoms with Gasteiger partial charge in [0.2, 0.25) is 0 Å². The van der Waals surface area contributed by atoms with Crippen LogP contribution in [0, 0.1) is 0 Å². The fourth-order valence-electron chi connectivity index (χ4n) is 3.45. The number of fused-ring (bicyclic) bond motifs is 1. The number of aromatic nitrogens is 1. The minimum Gasteiger partial charge on any atom is -0.478 e. The van der Waals surface area contributed by atoms with Crippen LogP contribution in [0.2, 0.25) is 0 Å². The van der Waals surface area contributed by atoms with Crippen LogP contribution in [-0.4, -0.2) is 22.6 Å². The average molecular weight is 427 g/mol. The maximum absolute atomic E-state index is 11.6. The molecule has 0 spiro atoms. The van der Waals surface area contributed by atoms with Crippen molar-refractivity contribution in [3.63, 3.8) is 0 Å². The van der Waals surface area contributed by atoms with Crippen LogP contribution < -0.4 is 5.73 Å². The summed E-state index contributed by atoms with van der Waals surface area (Å²) in [5.41, 5.74) is 10.6. The van der Waals surface area contributed by atoms with Gasteiger partial charge in [0, 0.05) is 10.9 Å². The molecular formula is C28H30N2O2. The van der Waals surface area contributed by atoms with Crippen molar-refractivity contribution in [3.8, 4) is 11.3 Å². The van der Waals surface area contributed by atoms with Crippen molar-refractivity contribution >= 4 is 16.9 Å². The molecule has 0 saturated carbocycles. The summed E-state index contributed by atoms with van der Waals surface area (Å²) < 4.78 is 0. The molecule has 3 aromatic carbocycles. The molecule has 0 bridgehead atoms. The zero-order chi connectivity index (χ0) is 23.1. The molecule has 0 unspecified atom stereocenters. The van der Waals surface area contributed by atoms with Gasteiger partial charge in [-0.3, -0.25) is 0 Å². The van der Waals surface area contributed by atoms with E-state index in [1.54, 1.807) is 12.1 Å². The van der Waals surface area contributed by atoms with E-state index in [9.17, 15) is 9.90 Å². The largest absolute Gasteiger partial charge is 0.478 e. The molecule has 1 aromatic heterocycles. The quantitative estimate of drug-likeness (QED) is 0.414. The van der Waals surface area contributed by atoms with Crippen molar-refractivity contribution in [2.24, 2.45) is 5.73 Å². The third-order valence-electron chi connectivity index (χ3n) is 5.27. The Morgan fingerprint density at radius 3 is 2.12 bits per heavy atom. The van der Waals surface area contributed by atoms with E-state index in [1.165, 1.54) is 11.1 Å². The number of para-hydroxylation sites is 1. The molecule has 4 heteroatoms. The number of nitrogens with zero attached hydrogens (tertiary/aromatic N) is 1. The summed E-state index contributed by atoms with van der Waals surface area (Å²) >= 11 is 0. The van der Waals surface area contributed by atoms with Crippen molar-refractivity contribution in [1.29, 1.82) is 0 Å². The van der Waals surface area contributed by atoms with Gasteiger partial charge in [-0.05, 0) is 41.6 Å². The number of aromatic carboxylic acids is 1. The molecule has 3 N–H and O–H groups in total. The molecule has 32 heavy (non-hydrogen) atoms.